The molecule has 0 spiro atoms. The Morgan fingerprint density at radius 1 is 1.17 bits per heavy atom. The number of alkyl halides is 3. The van der Waals surface area contributed by atoms with Gasteiger partial charge in [-0.15, -0.1) is 5.10 Å². The standard InChI is InChI=1S/C20H20F3N5O2/c1-12-4-6-14(7-5-12)15-8-16(18(29)24-13(2)11-30-3)10-17(9-15)28-19(20(21,22)23)25-26-27-28/h4-10,13H,11H2,1-3H3,(H,24,29). The normalized spacial score (nSPS) is 12.6. The van der Waals surface area contributed by atoms with Gasteiger partial charge in [-0.3, -0.25) is 4.79 Å². The summed E-state index contributed by atoms with van der Waals surface area (Å²) in [6, 6.07) is 11.6. The molecule has 10 heteroatoms. The molecule has 0 fully saturated rings. The average molecular weight is 419 g/mol. The van der Waals surface area contributed by atoms with Crippen LogP contribution in [-0.4, -0.2) is 45.9 Å². The summed E-state index contributed by atoms with van der Waals surface area (Å²) < 4.78 is 45.5. The van der Waals surface area contributed by atoms with Gasteiger partial charge in [0.2, 0.25) is 0 Å². The number of carbonyl (C=O) groups is 1. The van der Waals surface area contributed by atoms with Crippen LogP contribution in [0.4, 0.5) is 13.2 Å². The number of amides is 1. The summed E-state index contributed by atoms with van der Waals surface area (Å²) in [5.74, 6) is -1.72. The minimum Gasteiger partial charge on any atom is -0.383 e. The Balaban J connectivity index is 2.10. The van der Waals surface area contributed by atoms with Crippen molar-refractivity contribution in [3.05, 3.63) is 59.4 Å². The van der Waals surface area contributed by atoms with E-state index in [9.17, 15) is 18.0 Å². The van der Waals surface area contributed by atoms with E-state index in [1.807, 2.05) is 31.2 Å². The number of nitrogens with zero attached hydrogens (tertiary/aromatic N) is 4. The van der Waals surface area contributed by atoms with E-state index in [1.165, 1.54) is 19.2 Å². The van der Waals surface area contributed by atoms with Crippen molar-refractivity contribution < 1.29 is 22.7 Å². The molecule has 1 amide bonds. The molecule has 30 heavy (non-hydrogen) atoms. The van der Waals surface area contributed by atoms with Gasteiger partial charge in [0.15, 0.2) is 0 Å². The Labute approximate surface area is 170 Å². The minimum absolute atomic E-state index is 0.0231. The molecule has 3 rings (SSSR count). The molecular formula is C20H20F3N5O2. The second-order valence-corrected chi connectivity index (χ2v) is 6.88. The fraction of sp³-hybridized carbons (Fsp3) is 0.300. The van der Waals surface area contributed by atoms with Crippen molar-refractivity contribution in [2.24, 2.45) is 0 Å². The summed E-state index contributed by atoms with van der Waals surface area (Å²) in [4.78, 5) is 12.7. The van der Waals surface area contributed by atoms with Crippen LogP contribution in [0, 0.1) is 6.92 Å². The topological polar surface area (TPSA) is 81.9 Å². The highest BCUT2D eigenvalue weighted by atomic mass is 19.4. The second kappa shape index (κ2) is 8.62. The number of hydrogen-bond acceptors (Lipinski definition) is 5. The van der Waals surface area contributed by atoms with Crippen LogP contribution in [0.5, 0.6) is 0 Å². The lowest BCUT2D eigenvalue weighted by Crippen LogP contribution is -2.35. The Hall–Kier alpha value is -3.27. The van der Waals surface area contributed by atoms with E-state index in [1.54, 1.807) is 13.0 Å². The molecular weight excluding hydrogens is 399 g/mol. The number of nitrogens with one attached hydrogen (secondary N) is 1. The van der Waals surface area contributed by atoms with E-state index in [-0.39, 0.29) is 17.3 Å². The van der Waals surface area contributed by atoms with Gasteiger partial charge >= 0.3 is 6.18 Å². The van der Waals surface area contributed by atoms with Gasteiger partial charge in [-0.05, 0) is 53.6 Å². The molecule has 0 bridgehead atoms. The Morgan fingerprint density at radius 2 is 1.87 bits per heavy atom. The van der Waals surface area contributed by atoms with Gasteiger partial charge in [-0.1, -0.05) is 29.8 Å². The van der Waals surface area contributed by atoms with Gasteiger partial charge in [0.05, 0.1) is 12.3 Å². The molecule has 158 valence electrons. The Bertz CT molecular complexity index is 1030. The number of aryl methyl sites for hydroxylation is 1. The second-order valence-electron chi connectivity index (χ2n) is 6.88. The lowest BCUT2D eigenvalue weighted by atomic mass is 10.0. The maximum absolute atomic E-state index is 13.3. The number of tetrazole rings is 1. The first-order chi connectivity index (χ1) is 14.2. The highest BCUT2D eigenvalue weighted by molar-refractivity contribution is 5.96. The number of ether oxygens (including phenoxy) is 1. The van der Waals surface area contributed by atoms with Crippen molar-refractivity contribution >= 4 is 5.91 Å². The van der Waals surface area contributed by atoms with Gasteiger partial charge in [-0.2, -0.15) is 17.9 Å². The maximum atomic E-state index is 13.3. The van der Waals surface area contributed by atoms with E-state index >= 15 is 0 Å². The number of aromatic nitrogens is 4. The van der Waals surface area contributed by atoms with Crippen LogP contribution in [0.3, 0.4) is 0 Å². The first-order valence-electron chi connectivity index (χ1n) is 9.07. The molecule has 2 aromatic carbocycles. The molecule has 1 aromatic heterocycles. The molecule has 1 heterocycles. The van der Waals surface area contributed by atoms with E-state index in [0.717, 1.165) is 11.1 Å². The number of benzene rings is 2. The zero-order valence-electron chi connectivity index (χ0n) is 16.6. The number of hydrogen-bond donors (Lipinski definition) is 1. The first-order valence-corrected chi connectivity index (χ1v) is 9.07. The largest absolute Gasteiger partial charge is 0.453 e. The molecule has 0 aliphatic heterocycles. The van der Waals surface area contributed by atoms with Crippen molar-refractivity contribution in [2.45, 2.75) is 26.1 Å². The molecule has 0 saturated heterocycles. The summed E-state index contributed by atoms with van der Waals surface area (Å²) in [6.45, 7) is 3.98. The molecule has 0 aliphatic rings. The quantitative estimate of drug-likeness (QED) is 0.662. The predicted molar refractivity (Wildman–Crippen MR) is 103 cm³/mol. The summed E-state index contributed by atoms with van der Waals surface area (Å²) in [5, 5.41) is 12.5. The average Bonchev–Trinajstić information content (AvgIpc) is 3.19. The van der Waals surface area contributed by atoms with Crippen LogP contribution in [-0.2, 0) is 10.9 Å². The number of rotatable bonds is 6. The monoisotopic (exact) mass is 419 g/mol. The highest BCUT2D eigenvalue weighted by Crippen LogP contribution is 2.30. The van der Waals surface area contributed by atoms with Crippen LogP contribution in [0.2, 0.25) is 0 Å². The fourth-order valence-electron chi connectivity index (χ4n) is 2.91. The predicted octanol–water partition coefficient (Wildman–Crippen LogP) is 3.42. The van der Waals surface area contributed by atoms with Crippen molar-refractivity contribution in [2.75, 3.05) is 13.7 Å². The zero-order chi connectivity index (χ0) is 21.9. The molecule has 0 radical (unpaired) electrons. The van der Waals surface area contributed by atoms with Gasteiger partial charge < -0.3 is 10.1 Å². The van der Waals surface area contributed by atoms with Crippen LogP contribution in [0.1, 0.15) is 28.7 Å². The van der Waals surface area contributed by atoms with Crippen LogP contribution < -0.4 is 5.32 Å². The minimum atomic E-state index is -4.75. The molecule has 1 atom stereocenters. The third-order valence-corrected chi connectivity index (χ3v) is 4.33. The van der Waals surface area contributed by atoms with Gasteiger partial charge in [0, 0.05) is 18.7 Å². The third kappa shape index (κ3) is 4.82. The molecule has 1 unspecified atom stereocenters. The summed E-state index contributed by atoms with van der Waals surface area (Å²) in [6.07, 6.45) is -4.75. The zero-order valence-corrected chi connectivity index (χ0v) is 16.6. The van der Waals surface area contributed by atoms with E-state index in [0.29, 0.717) is 16.9 Å². The van der Waals surface area contributed by atoms with Crippen LogP contribution >= 0.6 is 0 Å². The van der Waals surface area contributed by atoms with Crippen molar-refractivity contribution in [3.8, 4) is 16.8 Å². The number of halogens is 3. The third-order valence-electron chi connectivity index (χ3n) is 4.33. The number of methoxy groups -OCH3 is 1. The van der Waals surface area contributed by atoms with Gasteiger partial charge in [0.25, 0.3) is 11.7 Å². The summed E-state index contributed by atoms with van der Waals surface area (Å²) in [5.41, 5.74) is 2.52. The van der Waals surface area contributed by atoms with E-state index in [4.69, 9.17) is 4.74 Å². The molecule has 1 N–H and O–H groups in total. The summed E-state index contributed by atoms with van der Waals surface area (Å²) >= 11 is 0. The smallest absolute Gasteiger partial charge is 0.383 e. The Morgan fingerprint density at radius 3 is 2.50 bits per heavy atom. The molecule has 0 aliphatic carbocycles. The molecule has 0 saturated carbocycles. The molecule has 3 aromatic rings. The maximum Gasteiger partial charge on any atom is 0.453 e. The van der Waals surface area contributed by atoms with Crippen molar-refractivity contribution in [1.29, 1.82) is 0 Å². The Kier molecular flexibility index (Phi) is 6.16. The van der Waals surface area contributed by atoms with Gasteiger partial charge in [0.1, 0.15) is 0 Å². The van der Waals surface area contributed by atoms with Crippen molar-refractivity contribution in [1.82, 2.24) is 25.5 Å². The van der Waals surface area contributed by atoms with Crippen molar-refractivity contribution in [3.63, 3.8) is 0 Å². The van der Waals surface area contributed by atoms with Crippen LogP contribution in [0.25, 0.3) is 16.8 Å². The van der Waals surface area contributed by atoms with E-state index < -0.39 is 17.9 Å². The first kappa shape index (κ1) is 21.4. The molecule has 7 nitrogen and oxygen atoms in total. The summed E-state index contributed by atoms with van der Waals surface area (Å²) in [7, 11) is 1.51. The lowest BCUT2D eigenvalue weighted by molar-refractivity contribution is -0.146. The SMILES string of the molecule is COCC(C)NC(=O)c1cc(-c2ccc(C)cc2)cc(-n2nnnc2C(F)(F)F)c1. The fourth-order valence-corrected chi connectivity index (χ4v) is 2.91. The van der Waals surface area contributed by atoms with Gasteiger partial charge in [-0.25, -0.2) is 0 Å². The lowest BCUT2D eigenvalue weighted by Gasteiger charge is -2.15. The number of carbonyl (C=O) groups excluding carboxylic acids is 1. The highest BCUT2D eigenvalue weighted by Gasteiger charge is 2.38. The van der Waals surface area contributed by atoms with Crippen LogP contribution in [0.15, 0.2) is 42.5 Å². The van der Waals surface area contributed by atoms with E-state index in [2.05, 4.69) is 20.8 Å².